The smallest absolute Gasteiger partial charge is 0.320 e. The van der Waals surface area contributed by atoms with E-state index in [1.165, 1.54) is 30.1 Å². The zero-order valence-electron chi connectivity index (χ0n) is 13.3. The Kier molecular flexibility index (Phi) is 3.21. The molecule has 4 saturated carbocycles. The Morgan fingerprint density at radius 1 is 1.35 bits per heavy atom. The molecule has 0 spiro atoms. The lowest BCUT2D eigenvalue weighted by molar-refractivity contribution is -0.385. The third-order valence-electron chi connectivity index (χ3n) is 5.95. The Morgan fingerprint density at radius 3 is 2.39 bits per heavy atom. The zero-order chi connectivity index (χ0) is 16.2. The number of rotatable bonds is 4. The highest BCUT2D eigenvalue weighted by molar-refractivity contribution is 5.96. The number of nitrogens with one attached hydrogen (secondary N) is 1. The molecule has 1 aromatic rings. The molecule has 23 heavy (non-hydrogen) atoms. The van der Waals surface area contributed by atoms with Gasteiger partial charge in [0.2, 0.25) is 5.69 Å². The van der Waals surface area contributed by atoms with Gasteiger partial charge >= 0.3 is 5.69 Å². The fourth-order valence-corrected chi connectivity index (χ4v) is 5.55. The van der Waals surface area contributed by atoms with E-state index in [1.54, 1.807) is 0 Å². The minimum atomic E-state index is -0.520. The fourth-order valence-electron chi connectivity index (χ4n) is 5.55. The number of nitrogens with zero attached hydrogens (tertiary/aromatic N) is 3. The maximum atomic E-state index is 12.8. The lowest BCUT2D eigenvalue weighted by Gasteiger charge is -2.56. The van der Waals surface area contributed by atoms with Crippen molar-refractivity contribution in [1.82, 2.24) is 15.1 Å². The van der Waals surface area contributed by atoms with E-state index in [-0.39, 0.29) is 22.8 Å². The quantitative estimate of drug-likeness (QED) is 0.682. The highest BCUT2D eigenvalue weighted by Crippen LogP contribution is 2.55. The van der Waals surface area contributed by atoms with Crippen molar-refractivity contribution in [2.75, 3.05) is 0 Å². The molecule has 4 aliphatic rings. The first-order valence-corrected chi connectivity index (χ1v) is 8.52. The lowest BCUT2D eigenvalue weighted by atomic mass is 9.53. The van der Waals surface area contributed by atoms with Crippen molar-refractivity contribution in [2.45, 2.75) is 57.5 Å². The van der Waals surface area contributed by atoms with Crippen LogP contribution in [0.3, 0.4) is 0 Å². The first-order chi connectivity index (χ1) is 11.0. The van der Waals surface area contributed by atoms with Gasteiger partial charge in [0.1, 0.15) is 6.20 Å². The van der Waals surface area contributed by atoms with Crippen LogP contribution in [0.2, 0.25) is 0 Å². The molecule has 1 heterocycles. The van der Waals surface area contributed by atoms with Crippen molar-refractivity contribution >= 4 is 11.6 Å². The maximum Gasteiger partial charge on any atom is 0.320 e. The molecule has 5 rings (SSSR count). The van der Waals surface area contributed by atoms with Crippen LogP contribution >= 0.6 is 0 Å². The van der Waals surface area contributed by atoms with Crippen LogP contribution in [0.1, 0.15) is 55.9 Å². The first-order valence-electron chi connectivity index (χ1n) is 8.52. The molecular formula is C16H22N4O3. The second kappa shape index (κ2) is 5.04. The predicted molar refractivity (Wildman–Crippen MR) is 82.9 cm³/mol. The lowest BCUT2D eigenvalue weighted by Crippen LogP contribution is -2.60. The van der Waals surface area contributed by atoms with Gasteiger partial charge < -0.3 is 5.32 Å². The number of nitro groups is 1. The summed E-state index contributed by atoms with van der Waals surface area (Å²) in [5.41, 5.74) is -0.259. The Hall–Kier alpha value is -1.92. The summed E-state index contributed by atoms with van der Waals surface area (Å²) in [6, 6.07) is 0. The van der Waals surface area contributed by atoms with Gasteiger partial charge in [0.15, 0.2) is 0 Å². The maximum absolute atomic E-state index is 12.8. The number of aryl methyl sites for hydroxylation is 1. The van der Waals surface area contributed by atoms with Crippen LogP contribution in [0.25, 0.3) is 0 Å². The molecule has 124 valence electrons. The van der Waals surface area contributed by atoms with Crippen molar-refractivity contribution in [2.24, 2.45) is 17.8 Å². The largest absolute Gasteiger partial charge is 0.345 e. The molecular weight excluding hydrogens is 296 g/mol. The third-order valence-corrected chi connectivity index (χ3v) is 5.95. The molecule has 1 N–H and O–H groups in total. The predicted octanol–water partition coefficient (Wildman–Crippen LogP) is 2.51. The van der Waals surface area contributed by atoms with E-state index in [0.717, 1.165) is 19.3 Å². The number of hydrogen-bond acceptors (Lipinski definition) is 4. The number of carbonyl (C=O) groups is 1. The van der Waals surface area contributed by atoms with Gasteiger partial charge in [-0.05, 0) is 63.2 Å². The molecule has 0 unspecified atom stereocenters. The van der Waals surface area contributed by atoms with Crippen LogP contribution in [0.4, 0.5) is 5.69 Å². The van der Waals surface area contributed by atoms with Crippen molar-refractivity contribution in [1.29, 1.82) is 0 Å². The van der Waals surface area contributed by atoms with Gasteiger partial charge in [-0.1, -0.05) is 0 Å². The van der Waals surface area contributed by atoms with Crippen LogP contribution in [-0.4, -0.2) is 26.1 Å². The fraction of sp³-hybridized carbons (Fsp3) is 0.750. The van der Waals surface area contributed by atoms with E-state index < -0.39 is 4.92 Å². The number of carbonyl (C=O) groups excluding carboxylic acids is 1. The summed E-state index contributed by atoms with van der Waals surface area (Å²) in [7, 11) is 0. The Labute approximate surface area is 134 Å². The van der Waals surface area contributed by atoms with Gasteiger partial charge in [-0.15, -0.1) is 0 Å². The Morgan fingerprint density at radius 2 is 1.91 bits per heavy atom. The average molecular weight is 318 g/mol. The molecule has 0 saturated heterocycles. The van der Waals surface area contributed by atoms with Crippen molar-refractivity contribution in [3.05, 3.63) is 22.0 Å². The molecule has 0 radical (unpaired) electrons. The first kappa shape index (κ1) is 14.7. The summed E-state index contributed by atoms with van der Waals surface area (Å²) in [4.78, 5) is 23.5. The Bertz CT molecular complexity index is 631. The highest BCUT2D eigenvalue weighted by atomic mass is 16.6. The minimum absolute atomic E-state index is 0.0910. The molecule has 7 nitrogen and oxygen atoms in total. The average Bonchev–Trinajstić information content (AvgIpc) is 2.89. The number of hydrogen-bond donors (Lipinski definition) is 1. The van der Waals surface area contributed by atoms with Crippen LogP contribution in [0.5, 0.6) is 0 Å². The molecule has 0 aromatic carbocycles. The number of aromatic nitrogens is 2. The second-order valence-electron chi connectivity index (χ2n) is 7.60. The van der Waals surface area contributed by atoms with Crippen molar-refractivity contribution in [3.63, 3.8) is 0 Å². The molecule has 4 bridgehead atoms. The van der Waals surface area contributed by atoms with Crippen LogP contribution in [-0.2, 0) is 6.54 Å². The second-order valence-corrected chi connectivity index (χ2v) is 7.60. The van der Waals surface area contributed by atoms with E-state index in [1.807, 2.05) is 6.92 Å². The molecule has 7 heteroatoms. The summed E-state index contributed by atoms with van der Waals surface area (Å²) in [5.74, 6) is 1.81. The van der Waals surface area contributed by atoms with E-state index in [0.29, 0.717) is 24.3 Å². The topological polar surface area (TPSA) is 90.1 Å². The van der Waals surface area contributed by atoms with Gasteiger partial charge in [0, 0.05) is 12.1 Å². The van der Waals surface area contributed by atoms with Gasteiger partial charge in [-0.2, -0.15) is 5.10 Å². The van der Waals surface area contributed by atoms with Gasteiger partial charge in [-0.3, -0.25) is 19.6 Å². The van der Waals surface area contributed by atoms with E-state index in [9.17, 15) is 14.9 Å². The molecule has 4 aliphatic carbocycles. The summed E-state index contributed by atoms with van der Waals surface area (Å²) >= 11 is 0. The number of amides is 1. The molecule has 0 aliphatic heterocycles. The van der Waals surface area contributed by atoms with Crippen molar-refractivity contribution < 1.29 is 9.72 Å². The monoisotopic (exact) mass is 318 g/mol. The van der Waals surface area contributed by atoms with Crippen LogP contribution in [0, 0.1) is 27.9 Å². The van der Waals surface area contributed by atoms with E-state index in [2.05, 4.69) is 10.4 Å². The van der Waals surface area contributed by atoms with E-state index >= 15 is 0 Å². The standard InChI is InChI=1S/C16H22N4O3/c1-2-19-14(13(9-17-19)20(22)23)15(21)18-16-6-10-3-11(7-16)5-12(4-10)8-16/h9-12H,2-8H2,1H3,(H,18,21). The van der Waals surface area contributed by atoms with Gasteiger partial charge in [-0.25, -0.2) is 0 Å². The summed E-state index contributed by atoms with van der Waals surface area (Å²) in [6.07, 6.45) is 8.14. The summed E-state index contributed by atoms with van der Waals surface area (Å²) < 4.78 is 1.42. The van der Waals surface area contributed by atoms with E-state index in [4.69, 9.17) is 0 Å². The zero-order valence-corrected chi connectivity index (χ0v) is 13.3. The summed E-state index contributed by atoms with van der Waals surface area (Å²) in [5, 5.41) is 18.4. The third kappa shape index (κ3) is 2.33. The normalized spacial score (nSPS) is 34.6. The Balaban J connectivity index is 1.61. The van der Waals surface area contributed by atoms with Gasteiger partial charge in [0.25, 0.3) is 5.91 Å². The summed E-state index contributed by atoms with van der Waals surface area (Å²) in [6.45, 7) is 2.27. The molecule has 1 amide bonds. The minimum Gasteiger partial charge on any atom is -0.345 e. The van der Waals surface area contributed by atoms with Crippen LogP contribution in [0.15, 0.2) is 6.20 Å². The van der Waals surface area contributed by atoms with Crippen LogP contribution < -0.4 is 5.32 Å². The molecule has 0 atom stereocenters. The van der Waals surface area contributed by atoms with Gasteiger partial charge in [0.05, 0.1) is 4.92 Å². The SMILES string of the molecule is CCn1ncc([N+](=O)[O-])c1C(=O)NC12CC3CC(CC(C3)C1)C2. The molecule has 1 aromatic heterocycles. The van der Waals surface area contributed by atoms with Crippen molar-refractivity contribution in [3.8, 4) is 0 Å². The molecule has 4 fully saturated rings. The highest BCUT2D eigenvalue weighted by Gasteiger charge is 2.52.